The van der Waals surface area contributed by atoms with Crippen LogP contribution in [0.4, 0.5) is 4.39 Å². The number of benzene rings is 3. The Morgan fingerprint density at radius 2 is 1.32 bits per heavy atom. The number of ether oxygens (including phenoxy) is 3. The average Bonchev–Trinajstić information content (AvgIpc) is 3.10. The van der Waals surface area contributed by atoms with Crippen molar-refractivity contribution in [1.82, 2.24) is 0 Å². The van der Waals surface area contributed by atoms with Crippen LogP contribution in [0.2, 0.25) is 0 Å². The Morgan fingerprint density at radius 1 is 0.794 bits per heavy atom. The largest absolute Gasteiger partial charge is 0.461 e. The number of rotatable bonds is 8. The van der Waals surface area contributed by atoms with Crippen LogP contribution in [0.15, 0.2) is 103 Å². The van der Waals surface area contributed by atoms with E-state index in [1.54, 1.807) is 60.7 Å². The number of alkyl halides is 1. The summed E-state index contributed by atoms with van der Waals surface area (Å²) < 4.78 is 32.4. The fourth-order valence-electron chi connectivity index (χ4n) is 3.92. The highest BCUT2D eigenvalue weighted by molar-refractivity contribution is 5.90. The Hall–Kier alpha value is -3.77. The van der Waals surface area contributed by atoms with Gasteiger partial charge in [-0.2, -0.15) is 0 Å². The summed E-state index contributed by atoms with van der Waals surface area (Å²) >= 11 is 0. The van der Waals surface area contributed by atoms with Crippen molar-refractivity contribution in [2.24, 2.45) is 5.92 Å². The van der Waals surface area contributed by atoms with Gasteiger partial charge >= 0.3 is 11.9 Å². The summed E-state index contributed by atoms with van der Waals surface area (Å²) in [5.74, 6) is -1.97. The SMILES string of the molecule is C=C1[C@@H](OCc2ccccc2)C(F)C(OC(=O)c2ccccc2)[C@H]1COC(=O)c1ccccc1. The minimum absolute atomic E-state index is 0.167. The Labute approximate surface area is 197 Å². The first kappa shape index (κ1) is 23.4. The van der Waals surface area contributed by atoms with E-state index in [4.69, 9.17) is 14.2 Å². The van der Waals surface area contributed by atoms with Crippen LogP contribution in [-0.4, -0.2) is 36.9 Å². The van der Waals surface area contributed by atoms with E-state index in [0.717, 1.165) is 5.56 Å². The van der Waals surface area contributed by atoms with Crippen molar-refractivity contribution >= 4 is 11.9 Å². The third kappa shape index (κ3) is 5.41. The van der Waals surface area contributed by atoms with Gasteiger partial charge in [0.05, 0.1) is 23.7 Å². The number of esters is 2. The summed E-state index contributed by atoms with van der Waals surface area (Å²) in [7, 11) is 0. The van der Waals surface area contributed by atoms with Gasteiger partial charge in [-0.1, -0.05) is 73.3 Å². The Morgan fingerprint density at radius 3 is 1.91 bits per heavy atom. The Bertz CT molecular complexity index is 1120. The van der Waals surface area contributed by atoms with Crippen LogP contribution in [0.1, 0.15) is 26.3 Å². The maximum atomic E-state index is 15.6. The molecule has 2 unspecified atom stereocenters. The van der Waals surface area contributed by atoms with Gasteiger partial charge in [-0.3, -0.25) is 0 Å². The molecule has 34 heavy (non-hydrogen) atoms. The number of carbonyl (C=O) groups is 2. The van der Waals surface area contributed by atoms with Crippen LogP contribution < -0.4 is 0 Å². The molecule has 0 aliphatic heterocycles. The maximum Gasteiger partial charge on any atom is 0.338 e. The predicted molar refractivity (Wildman–Crippen MR) is 125 cm³/mol. The molecule has 1 saturated carbocycles. The molecule has 4 atom stereocenters. The van der Waals surface area contributed by atoms with Crippen molar-refractivity contribution < 1.29 is 28.2 Å². The van der Waals surface area contributed by atoms with Gasteiger partial charge in [-0.15, -0.1) is 0 Å². The number of hydrogen-bond acceptors (Lipinski definition) is 5. The number of hydrogen-bond donors (Lipinski definition) is 0. The van der Waals surface area contributed by atoms with E-state index in [-0.39, 0.29) is 13.2 Å². The van der Waals surface area contributed by atoms with Crippen LogP contribution in [-0.2, 0) is 20.8 Å². The molecule has 0 bridgehead atoms. The van der Waals surface area contributed by atoms with Crippen LogP contribution in [0.3, 0.4) is 0 Å². The summed E-state index contributed by atoms with van der Waals surface area (Å²) in [6, 6.07) is 26.2. The van der Waals surface area contributed by atoms with Crippen LogP contribution >= 0.6 is 0 Å². The standard InChI is InChI=1S/C28H25FO5/c1-19-23(18-33-27(30)21-13-7-3-8-14-21)26(34-28(31)22-15-9-4-10-16-22)24(29)25(19)32-17-20-11-5-2-6-12-20/h2-16,23-26H,1,17-18H2/t23-,24?,25+,26?/m0/s1. The molecule has 4 rings (SSSR count). The van der Waals surface area contributed by atoms with Crippen LogP contribution in [0.25, 0.3) is 0 Å². The normalized spacial score (nSPS) is 21.7. The molecule has 5 nitrogen and oxygen atoms in total. The monoisotopic (exact) mass is 460 g/mol. The second-order valence-corrected chi connectivity index (χ2v) is 8.04. The molecule has 0 radical (unpaired) electrons. The van der Waals surface area contributed by atoms with E-state index < -0.39 is 36.2 Å². The third-order valence-corrected chi connectivity index (χ3v) is 5.77. The fourth-order valence-corrected chi connectivity index (χ4v) is 3.92. The molecule has 1 fully saturated rings. The van der Waals surface area contributed by atoms with E-state index in [0.29, 0.717) is 16.7 Å². The van der Waals surface area contributed by atoms with E-state index in [1.165, 1.54) is 0 Å². The second-order valence-electron chi connectivity index (χ2n) is 8.04. The lowest BCUT2D eigenvalue weighted by molar-refractivity contribution is -0.0375. The average molecular weight is 461 g/mol. The second kappa shape index (κ2) is 10.9. The number of halogens is 1. The van der Waals surface area contributed by atoms with Crippen molar-refractivity contribution in [2.75, 3.05) is 6.61 Å². The molecule has 0 heterocycles. The molecule has 0 saturated heterocycles. The minimum atomic E-state index is -1.66. The smallest absolute Gasteiger partial charge is 0.338 e. The molecule has 174 valence electrons. The van der Waals surface area contributed by atoms with Gasteiger partial charge in [0.1, 0.15) is 18.8 Å². The topological polar surface area (TPSA) is 61.8 Å². The predicted octanol–water partition coefficient (Wildman–Crippen LogP) is 5.18. The van der Waals surface area contributed by atoms with Crippen molar-refractivity contribution in [3.63, 3.8) is 0 Å². The van der Waals surface area contributed by atoms with Crippen molar-refractivity contribution in [3.05, 3.63) is 120 Å². The number of carbonyl (C=O) groups excluding carboxylic acids is 2. The molecule has 0 aromatic heterocycles. The van der Waals surface area contributed by atoms with Gasteiger partial charge in [0, 0.05) is 0 Å². The zero-order valence-corrected chi connectivity index (χ0v) is 18.5. The first-order valence-corrected chi connectivity index (χ1v) is 11.0. The molecule has 3 aromatic carbocycles. The summed E-state index contributed by atoms with van der Waals surface area (Å²) in [6.45, 7) is 3.99. The van der Waals surface area contributed by atoms with Crippen LogP contribution in [0.5, 0.6) is 0 Å². The summed E-state index contributed by atoms with van der Waals surface area (Å²) in [5, 5.41) is 0. The molecule has 3 aromatic rings. The fraction of sp³-hybridized carbons (Fsp3) is 0.214. The van der Waals surface area contributed by atoms with E-state index in [9.17, 15) is 9.59 Å². The summed E-state index contributed by atoms with van der Waals surface area (Å²) in [6.07, 6.45) is -3.87. The Balaban J connectivity index is 1.50. The lowest BCUT2D eigenvalue weighted by atomic mass is 10.0. The quantitative estimate of drug-likeness (QED) is 0.343. The third-order valence-electron chi connectivity index (χ3n) is 5.77. The highest BCUT2D eigenvalue weighted by atomic mass is 19.1. The van der Waals surface area contributed by atoms with Gasteiger partial charge in [0.2, 0.25) is 0 Å². The first-order chi connectivity index (χ1) is 16.5. The molecular weight excluding hydrogens is 435 g/mol. The summed E-state index contributed by atoms with van der Waals surface area (Å²) in [4.78, 5) is 25.1. The van der Waals surface area contributed by atoms with E-state index in [1.807, 2.05) is 30.3 Å². The highest BCUT2D eigenvalue weighted by Gasteiger charge is 2.50. The molecular formula is C28H25FO5. The molecule has 1 aliphatic rings. The van der Waals surface area contributed by atoms with Gasteiger partial charge < -0.3 is 14.2 Å². The molecule has 0 spiro atoms. The van der Waals surface area contributed by atoms with Gasteiger partial charge in [0.25, 0.3) is 0 Å². The first-order valence-electron chi connectivity index (χ1n) is 11.0. The van der Waals surface area contributed by atoms with E-state index >= 15 is 4.39 Å². The Kier molecular flexibility index (Phi) is 7.50. The van der Waals surface area contributed by atoms with Gasteiger partial charge in [-0.25, -0.2) is 14.0 Å². The minimum Gasteiger partial charge on any atom is -0.461 e. The van der Waals surface area contributed by atoms with E-state index in [2.05, 4.69) is 6.58 Å². The van der Waals surface area contributed by atoms with Crippen molar-refractivity contribution in [2.45, 2.75) is 25.0 Å². The molecule has 6 heteroatoms. The van der Waals surface area contributed by atoms with Gasteiger partial charge in [-0.05, 0) is 35.4 Å². The highest BCUT2D eigenvalue weighted by Crippen LogP contribution is 2.38. The van der Waals surface area contributed by atoms with Crippen molar-refractivity contribution in [3.8, 4) is 0 Å². The van der Waals surface area contributed by atoms with Crippen LogP contribution in [0, 0.1) is 5.92 Å². The molecule has 0 amide bonds. The zero-order valence-electron chi connectivity index (χ0n) is 18.5. The van der Waals surface area contributed by atoms with Gasteiger partial charge in [0.15, 0.2) is 6.17 Å². The zero-order chi connectivity index (χ0) is 23.9. The lowest BCUT2D eigenvalue weighted by Crippen LogP contribution is -2.34. The summed E-state index contributed by atoms with van der Waals surface area (Å²) in [5.41, 5.74) is 1.93. The lowest BCUT2D eigenvalue weighted by Gasteiger charge is -2.21. The molecule has 0 N–H and O–H groups in total. The maximum absolute atomic E-state index is 15.6. The van der Waals surface area contributed by atoms with Crippen molar-refractivity contribution in [1.29, 1.82) is 0 Å². The molecule has 1 aliphatic carbocycles.